The summed E-state index contributed by atoms with van der Waals surface area (Å²) in [4.78, 5) is 20.0. The molecule has 4 aromatic heterocycles. The van der Waals surface area contributed by atoms with Gasteiger partial charge in [0.15, 0.2) is 17.5 Å². The van der Waals surface area contributed by atoms with Gasteiger partial charge in [-0.3, -0.25) is 4.98 Å². The summed E-state index contributed by atoms with van der Waals surface area (Å²) >= 11 is 1.84. The van der Waals surface area contributed by atoms with Crippen LogP contribution in [0.5, 0.6) is 0 Å². The topological polar surface area (TPSA) is 56.5 Å². The number of pyridine rings is 1. The van der Waals surface area contributed by atoms with Crippen LogP contribution < -0.4 is 0 Å². The maximum Gasteiger partial charge on any atom is 0.184 e. The summed E-state index contributed by atoms with van der Waals surface area (Å²) in [6.07, 6.45) is 1.81. The highest BCUT2D eigenvalue weighted by Gasteiger charge is 2.20. The Kier molecular flexibility index (Phi) is 6.60. The van der Waals surface area contributed by atoms with E-state index < -0.39 is 0 Å². The van der Waals surface area contributed by atoms with E-state index in [0.29, 0.717) is 23.2 Å². The number of benzene rings is 6. The lowest BCUT2D eigenvalue weighted by molar-refractivity contribution is 1.04. The zero-order valence-electron chi connectivity index (χ0n) is 26.7. The molecule has 50 heavy (non-hydrogen) atoms. The number of para-hydroxylation sites is 1. The molecule has 0 spiro atoms. The number of rotatable bonds is 5. The molecule has 0 aliphatic heterocycles. The van der Waals surface area contributed by atoms with Crippen molar-refractivity contribution in [3.63, 3.8) is 0 Å². The van der Waals surface area contributed by atoms with Crippen LogP contribution in [-0.2, 0) is 0 Å². The first kappa shape index (κ1) is 28.5. The van der Waals surface area contributed by atoms with Crippen LogP contribution in [0.15, 0.2) is 164 Å². The van der Waals surface area contributed by atoms with Gasteiger partial charge in [-0.25, -0.2) is 15.0 Å². The van der Waals surface area contributed by atoms with Crippen molar-refractivity contribution in [3.05, 3.63) is 164 Å². The van der Waals surface area contributed by atoms with Gasteiger partial charge in [0.05, 0.1) is 16.7 Å². The summed E-state index contributed by atoms with van der Waals surface area (Å²) in [6.45, 7) is 0. The van der Waals surface area contributed by atoms with E-state index in [1.807, 2.05) is 84.3 Å². The average Bonchev–Trinajstić information content (AvgIpc) is 3.73. The van der Waals surface area contributed by atoms with Crippen molar-refractivity contribution in [3.8, 4) is 51.1 Å². The fourth-order valence-corrected chi connectivity index (χ4v) is 8.12. The Bertz CT molecular complexity index is 2820. The second kappa shape index (κ2) is 11.6. The van der Waals surface area contributed by atoms with Crippen LogP contribution in [0.1, 0.15) is 0 Å². The third kappa shape index (κ3) is 4.69. The van der Waals surface area contributed by atoms with Gasteiger partial charge in [0.25, 0.3) is 0 Å². The number of thiophene rings is 1. The van der Waals surface area contributed by atoms with Crippen LogP contribution in [0.4, 0.5) is 0 Å². The van der Waals surface area contributed by atoms with Crippen molar-refractivity contribution < 1.29 is 0 Å². The lowest BCUT2D eigenvalue weighted by Gasteiger charge is -2.14. The molecular weight excluding hydrogens is 631 g/mol. The van der Waals surface area contributed by atoms with Crippen LogP contribution in [0.25, 0.3) is 93.1 Å². The minimum atomic E-state index is 0.519. The van der Waals surface area contributed by atoms with E-state index in [-0.39, 0.29) is 0 Å². The molecule has 0 fully saturated rings. The minimum Gasteiger partial charge on any atom is -0.307 e. The molecule has 0 N–H and O–H groups in total. The normalized spacial score (nSPS) is 11.6. The van der Waals surface area contributed by atoms with Crippen molar-refractivity contribution in [2.45, 2.75) is 0 Å². The Morgan fingerprint density at radius 1 is 0.400 bits per heavy atom. The van der Waals surface area contributed by atoms with E-state index in [0.717, 1.165) is 33.4 Å². The van der Waals surface area contributed by atoms with Crippen LogP contribution >= 0.6 is 11.3 Å². The molecule has 0 amide bonds. The first-order valence-electron chi connectivity index (χ1n) is 16.6. The van der Waals surface area contributed by atoms with Gasteiger partial charge in [-0.15, -0.1) is 11.3 Å². The van der Waals surface area contributed by atoms with Crippen molar-refractivity contribution in [2.75, 3.05) is 0 Å². The third-order valence-corrected chi connectivity index (χ3v) is 10.5. The van der Waals surface area contributed by atoms with Crippen molar-refractivity contribution in [1.29, 1.82) is 0 Å². The van der Waals surface area contributed by atoms with E-state index in [9.17, 15) is 0 Å². The number of hydrogen-bond donors (Lipinski definition) is 0. The van der Waals surface area contributed by atoms with Crippen molar-refractivity contribution in [1.82, 2.24) is 24.5 Å². The molecule has 0 aliphatic rings. The maximum atomic E-state index is 5.05. The lowest BCUT2D eigenvalue weighted by atomic mass is 10.0. The molecule has 0 unspecified atom stereocenters. The largest absolute Gasteiger partial charge is 0.307 e. The summed E-state index contributed by atoms with van der Waals surface area (Å²) in [5, 5.41) is 4.96. The number of hydrogen-bond acceptors (Lipinski definition) is 5. The van der Waals surface area contributed by atoms with E-state index >= 15 is 0 Å². The summed E-state index contributed by atoms with van der Waals surface area (Å²) in [5.41, 5.74) is 7.95. The molecule has 234 valence electrons. The Hall–Kier alpha value is -6.50. The smallest absolute Gasteiger partial charge is 0.184 e. The minimum absolute atomic E-state index is 0.519. The van der Waals surface area contributed by atoms with E-state index in [4.69, 9.17) is 19.9 Å². The standard InChI is InChI=1S/C44H27N5S/c1-3-12-28(13-4-1)42-46-43(29-14-5-2-6-15-29)48-44(47-42)41-37(19-11-25-45-41)49-36-18-9-7-16-32(36)33-23-21-30(26-38(33)49)31-22-24-35-34-17-8-10-20-39(34)50-40(35)27-31/h1-27H. The van der Waals surface area contributed by atoms with Crippen LogP contribution in [0, 0.1) is 0 Å². The average molecular weight is 658 g/mol. The molecular formula is C44H27N5S. The molecule has 0 saturated carbocycles. The van der Waals surface area contributed by atoms with Crippen LogP contribution in [0.2, 0.25) is 0 Å². The Morgan fingerprint density at radius 2 is 0.980 bits per heavy atom. The van der Waals surface area contributed by atoms with Gasteiger partial charge in [0.1, 0.15) is 5.69 Å². The molecule has 0 aliphatic carbocycles. The first-order chi connectivity index (χ1) is 24.8. The predicted octanol–water partition coefficient (Wildman–Crippen LogP) is 11.4. The highest BCUT2D eigenvalue weighted by molar-refractivity contribution is 7.25. The highest BCUT2D eigenvalue weighted by atomic mass is 32.1. The maximum absolute atomic E-state index is 5.05. The summed E-state index contributed by atoms with van der Waals surface area (Å²) in [5.74, 6) is 1.73. The highest BCUT2D eigenvalue weighted by Crippen LogP contribution is 2.40. The Morgan fingerprint density at radius 3 is 1.74 bits per heavy atom. The van der Waals surface area contributed by atoms with Gasteiger partial charge in [0.2, 0.25) is 0 Å². The number of aromatic nitrogens is 5. The van der Waals surface area contributed by atoms with E-state index in [1.54, 1.807) is 0 Å². The zero-order chi connectivity index (χ0) is 33.0. The van der Waals surface area contributed by atoms with Gasteiger partial charge in [-0.2, -0.15) is 0 Å². The SMILES string of the molecule is c1ccc(-c2nc(-c3ccccc3)nc(-c3ncccc3-n3c4ccccc4c4ccc(-c5ccc6c(c5)sc5ccccc56)cc43)n2)cc1. The Labute approximate surface area is 291 Å². The van der Waals surface area contributed by atoms with Gasteiger partial charge in [-0.1, -0.05) is 121 Å². The third-order valence-electron chi connectivity index (χ3n) is 9.32. The predicted molar refractivity (Wildman–Crippen MR) is 207 cm³/mol. The molecule has 5 nitrogen and oxygen atoms in total. The number of nitrogens with zero attached hydrogens (tertiary/aromatic N) is 5. The van der Waals surface area contributed by atoms with E-state index in [1.165, 1.54) is 36.5 Å². The molecule has 6 aromatic carbocycles. The second-order valence-electron chi connectivity index (χ2n) is 12.3. The fourth-order valence-electron chi connectivity index (χ4n) is 6.98. The summed E-state index contributed by atoms with van der Waals surface area (Å²) < 4.78 is 4.91. The molecule has 0 bridgehead atoms. The summed E-state index contributed by atoms with van der Waals surface area (Å²) in [7, 11) is 0. The van der Waals surface area contributed by atoms with Gasteiger partial charge in [-0.05, 0) is 47.5 Å². The van der Waals surface area contributed by atoms with Gasteiger partial charge < -0.3 is 4.57 Å². The quantitative estimate of drug-likeness (QED) is 0.185. The van der Waals surface area contributed by atoms with E-state index in [2.05, 4.69) is 95.6 Å². The molecule has 10 aromatic rings. The Balaban J connectivity index is 1.20. The molecule has 0 saturated heterocycles. The second-order valence-corrected chi connectivity index (χ2v) is 13.4. The van der Waals surface area contributed by atoms with Crippen LogP contribution in [0.3, 0.4) is 0 Å². The molecule has 0 atom stereocenters. The molecule has 4 heterocycles. The summed E-state index contributed by atoms with van der Waals surface area (Å²) in [6, 6.07) is 55.0. The van der Waals surface area contributed by atoms with Crippen molar-refractivity contribution >= 4 is 53.3 Å². The zero-order valence-corrected chi connectivity index (χ0v) is 27.5. The lowest BCUT2D eigenvalue weighted by Crippen LogP contribution is -2.05. The van der Waals surface area contributed by atoms with Crippen molar-refractivity contribution in [2.24, 2.45) is 0 Å². The monoisotopic (exact) mass is 657 g/mol. The number of fused-ring (bicyclic) bond motifs is 6. The van der Waals surface area contributed by atoms with Crippen LogP contribution in [-0.4, -0.2) is 24.5 Å². The van der Waals surface area contributed by atoms with Gasteiger partial charge >= 0.3 is 0 Å². The molecule has 0 radical (unpaired) electrons. The fraction of sp³-hybridized carbons (Fsp3) is 0. The molecule has 10 rings (SSSR count). The van der Waals surface area contributed by atoms with Gasteiger partial charge in [0, 0.05) is 48.3 Å². The first-order valence-corrected chi connectivity index (χ1v) is 17.4. The molecule has 6 heteroatoms.